The SMILES string of the molecule is Cc1cc(C)c2nc(N3C(=O)C(=O)/C(=C(/O)c4ccc(F)cc4)[C@@H]3c3ccccc3F)sc2c1. The van der Waals surface area contributed by atoms with Gasteiger partial charge in [-0.3, -0.25) is 14.5 Å². The molecule has 1 aliphatic rings. The van der Waals surface area contributed by atoms with Crippen molar-refractivity contribution < 1.29 is 23.5 Å². The maximum atomic E-state index is 15.0. The van der Waals surface area contributed by atoms with E-state index in [1.54, 1.807) is 6.07 Å². The Labute approximate surface area is 197 Å². The van der Waals surface area contributed by atoms with E-state index < -0.39 is 35.1 Å². The first-order valence-corrected chi connectivity index (χ1v) is 11.3. The Kier molecular flexibility index (Phi) is 5.25. The number of aromatic nitrogens is 1. The number of fused-ring (bicyclic) bond motifs is 1. The van der Waals surface area contributed by atoms with Gasteiger partial charge in [-0.25, -0.2) is 13.8 Å². The van der Waals surface area contributed by atoms with E-state index in [0.29, 0.717) is 5.52 Å². The molecular formula is C26H18F2N2O3S. The lowest BCUT2D eigenvalue weighted by Crippen LogP contribution is -2.29. The number of amides is 1. The monoisotopic (exact) mass is 476 g/mol. The Morgan fingerprint density at radius 3 is 2.44 bits per heavy atom. The fourth-order valence-corrected chi connectivity index (χ4v) is 5.41. The summed E-state index contributed by atoms with van der Waals surface area (Å²) < 4.78 is 29.2. The van der Waals surface area contributed by atoms with Gasteiger partial charge in [-0.05, 0) is 61.4 Å². The molecule has 1 N–H and O–H groups in total. The zero-order chi connectivity index (χ0) is 24.1. The third-order valence-electron chi connectivity index (χ3n) is 5.79. The van der Waals surface area contributed by atoms with Crippen LogP contribution in [0.2, 0.25) is 0 Å². The van der Waals surface area contributed by atoms with Crippen molar-refractivity contribution in [2.24, 2.45) is 0 Å². The summed E-state index contributed by atoms with van der Waals surface area (Å²) in [5.41, 5.74) is 2.49. The smallest absolute Gasteiger partial charge is 0.301 e. The van der Waals surface area contributed by atoms with Crippen molar-refractivity contribution in [1.29, 1.82) is 0 Å². The molecule has 1 fully saturated rings. The van der Waals surface area contributed by atoms with Crippen molar-refractivity contribution in [3.05, 3.63) is 100 Å². The van der Waals surface area contributed by atoms with Crippen molar-refractivity contribution >= 4 is 44.1 Å². The summed E-state index contributed by atoms with van der Waals surface area (Å²) in [5.74, 6) is -3.57. The predicted octanol–water partition coefficient (Wildman–Crippen LogP) is 5.82. The van der Waals surface area contributed by atoms with Crippen LogP contribution in [-0.2, 0) is 9.59 Å². The zero-order valence-corrected chi connectivity index (χ0v) is 19.0. The highest BCUT2D eigenvalue weighted by molar-refractivity contribution is 7.22. The molecule has 2 heterocycles. The van der Waals surface area contributed by atoms with Crippen LogP contribution in [0.25, 0.3) is 16.0 Å². The summed E-state index contributed by atoms with van der Waals surface area (Å²) in [7, 11) is 0. The van der Waals surface area contributed by atoms with Gasteiger partial charge in [0.05, 0.1) is 15.8 Å². The number of thiazole rings is 1. The molecule has 170 valence electrons. The zero-order valence-electron chi connectivity index (χ0n) is 18.2. The standard InChI is InChI=1S/C26H18F2N2O3S/c1-13-11-14(2)21-19(12-13)34-26(29-21)30-22(17-5-3-4-6-18(17)28)20(24(32)25(30)33)23(31)15-7-9-16(27)10-8-15/h3-12,22,31H,1-2H3/b23-20+/t22-/m0/s1. The lowest BCUT2D eigenvalue weighted by molar-refractivity contribution is -0.132. The minimum atomic E-state index is -1.24. The summed E-state index contributed by atoms with van der Waals surface area (Å²) >= 11 is 1.21. The molecule has 0 spiro atoms. The third kappa shape index (κ3) is 3.47. The van der Waals surface area contributed by atoms with Gasteiger partial charge in [-0.1, -0.05) is 35.6 Å². The molecule has 0 saturated carbocycles. The molecule has 0 radical (unpaired) electrons. The van der Waals surface area contributed by atoms with E-state index in [1.807, 2.05) is 26.0 Å². The van der Waals surface area contributed by atoms with Crippen LogP contribution in [0.4, 0.5) is 13.9 Å². The first-order valence-electron chi connectivity index (χ1n) is 10.5. The largest absolute Gasteiger partial charge is 0.507 e. The Morgan fingerprint density at radius 2 is 1.74 bits per heavy atom. The summed E-state index contributed by atoms with van der Waals surface area (Å²) in [6.45, 7) is 3.84. The first kappa shape index (κ1) is 21.9. The van der Waals surface area contributed by atoms with E-state index in [-0.39, 0.29) is 21.8 Å². The number of hydrogen-bond acceptors (Lipinski definition) is 5. The van der Waals surface area contributed by atoms with Crippen LogP contribution in [0.3, 0.4) is 0 Å². The number of ketones is 1. The predicted molar refractivity (Wildman–Crippen MR) is 127 cm³/mol. The maximum Gasteiger partial charge on any atom is 0.301 e. The fraction of sp³-hybridized carbons (Fsp3) is 0.115. The van der Waals surface area contributed by atoms with Crippen LogP contribution in [0.1, 0.15) is 28.3 Å². The topological polar surface area (TPSA) is 70.5 Å². The third-order valence-corrected chi connectivity index (χ3v) is 6.79. The van der Waals surface area contributed by atoms with E-state index in [1.165, 1.54) is 41.7 Å². The van der Waals surface area contributed by atoms with Crippen LogP contribution in [0, 0.1) is 25.5 Å². The van der Waals surface area contributed by atoms with Gasteiger partial charge < -0.3 is 5.11 Å². The molecule has 1 atom stereocenters. The van der Waals surface area contributed by atoms with Gasteiger partial charge in [-0.2, -0.15) is 0 Å². The van der Waals surface area contributed by atoms with Gasteiger partial charge in [0.1, 0.15) is 23.4 Å². The molecule has 5 nitrogen and oxygen atoms in total. The van der Waals surface area contributed by atoms with Crippen molar-refractivity contribution in [2.75, 3.05) is 4.90 Å². The Bertz CT molecular complexity index is 1510. The number of hydrogen-bond donors (Lipinski definition) is 1. The van der Waals surface area contributed by atoms with Crippen molar-refractivity contribution in [2.45, 2.75) is 19.9 Å². The van der Waals surface area contributed by atoms with Gasteiger partial charge in [0, 0.05) is 11.1 Å². The van der Waals surface area contributed by atoms with Gasteiger partial charge in [-0.15, -0.1) is 0 Å². The summed E-state index contributed by atoms with van der Waals surface area (Å²) in [6, 6.07) is 13.2. The fourth-order valence-electron chi connectivity index (χ4n) is 4.25. The quantitative estimate of drug-likeness (QED) is 0.230. The molecule has 8 heteroatoms. The van der Waals surface area contributed by atoms with Crippen LogP contribution in [0.15, 0.2) is 66.2 Å². The van der Waals surface area contributed by atoms with E-state index in [0.717, 1.165) is 32.9 Å². The minimum absolute atomic E-state index is 0.0394. The Hall–Kier alpha value is -3.91. The molecule has 1 saturated heterocycles. The molecule has 5 rings (SSSR count). The highest BCUT2D eigenvalue weighted by Crippen LogP contribution is 2.45. The highest BCUT2D eigenvalue weighted by atomic mass is 32.1. The molecule has 3 aromatic carbocycles. The summed E-state index contributed by atoms with van der Waals surface area (Å²) in [5, 5.41) is 11.2. The molecule has 0 bridgehead atoms. The second-order valence-corrected chi connectivity index (χ2v) is 9.13. The highest BCUT2D eigenvalue weighted by Gasteiger charge is 2.49. The van der Waals surface area contributed by atoms with Crippen molar-refractivity contribution in [3.8, 4) is 0 Å². The van der Waals surface area contributed by atoms with Crippen LogP contribution >= 0.6 is 11.3 Å². The molecule has 34 heavy (non-hydrogen) atoms. The van der Waals surface area contributed by atoms with Gasteiger partial charge in [0.2, 0.25) is 0 Å². The second-order valence-electron chi connectivity index (χ2n) is 8.12. The van der Waals surface area contributed by atoms with E-state index >= 15 is 0 Å². The van der Waals surface area contributed by atoms with Crippen molar-refractivity contribution in [1.82, 2.24) is 4.98 Å². The maximum absolute atomic E-state index is 15.0. The normalized spacial score (nSPS) is 17.6. The molecule has 4 aromatic rings. The van der Waals surface area contributed by atoms with Gasteiger partial charge in [0.15, 0.2) is 5.13 Å². The van der Waals surface area contributed by atoms with E-state index in [9.17, 15) is 23.5 Å². The molecule has 0 unspecified atom stereocenters. The number of anilines is 1. The lowest BCUT2D eigenvalue weighted by Gasteiger charge is -2.23. The number of benzene rings is 3. The number of halogens is 2. The Balaban J connectivity index is 1.76. The number of rotatable bonds is 3. The number of aliphatic hydroxyl groups excluding tert-OH is 1. The van der Waals surface area contributed by atoms with Crippen LogP contribution in [-0.4, -0.2) is 21.8 Å². The minimum Gasteiger partial charge on any atom is -0.507 e. The molecule has 1 aromatic heterocycles. The van der Waals surface area contributed by atoms with Crippen LogP contribution < -0.4 is 4.90 Å². The summed E-state index contributed by atoms with van der Waals surface area (Å²) in [6.07, 6.45) is 0. The second kappa shape index (κ2) is 8.14. The Morgan fingerprint density at radius 1 is 1.03 bits per heavy atom. The summed E-state index contributed by atoms with van der Waals surface area (Å²) in [4.78, 5) is 32.2. The van der Waals surface area contributed by atoms with Gasteiger partial charge >= 0.3 is 5.91 Å². The average Bonchev–Trinajstić information content (AvgIpc) is 3.33. The van der Waals surface area contributed by atoms with E-state index in [4.69, 9.17) is 0 Å². The molecule has 1 aliphatic heterocycles. The van der Waals surface area contributed by atoms with Crippen LogP contribution in [0.5, 0.6) is 0 Å². The average molecular weight is 477 g/mol. The number of carbonyl (C=O) groups excluding carboxylic acids is 2. The van der Waals surface area contributed by atoms with Crippen molar-refractivity contribution in [3.63, 3.8) is 0 Å². The first-order chi connectivity index (χ1) is 16.3. The molecule has 1 amide bonds. The molecular weight excluding hydrogens is 458 g/mol. The number of Topliss-reactive ketones (excluding diaryl/α,β-unsaturated/α-hetero) is 1. The number of nitrogens with zero attached hydrogens (tertiary/aromatic N) is 2. The number of carbonyl (C=O) groups is 2. The number of aliphatic hydroxyl groups is 1. The molecule has 0 aliphatic carbocycles. The van der Waals surface area contributed by atoms with Gasteiger partial charge in [0.25, 0.3) is 5.78 Å². The van der Waals surface area contributed by atoms with E-state index in [2.05, 4.69) is 4.98 Å². The lowest BCUT2D eigenvalue weighted by atomic mass is 9.95. The number of aryl methyl sites for hydroxylation is 2.